The first kappa shape index (κ1) is 28.4. The number of nitrogens with zero attached hydrogens (tertiary/aromatic N) is 7. The van der Waals surface area contributed by atoms with E-state index >= 15 is 4.39 Å². The van der Waals surface area contributed by atoms with Crippen LogP contribution in [0.15, 0.2) is 41.8 Å². The van der Waals surface area contributed by atoms with E-state index < -0.39 is 5.82 Å². The molecule has 0 bridgehead atoms. The van der Waals surface area contributed by atoms with Crippen LogP contribution in [0.3, 0.4) is 0 Å². The minimum atomic E-state index is -0.439. The molecule has 0 saturated carbocycles. The van der Waals surface area contributed by atoms with Crippen LogP contribution in [0.25, 0.3) is 27.1 Å². The lowest BCUT2D eigenvalue weighted by atomic mass is 10.0. The van der Waals surface area contributed by atoms with Crippen LogP contribution >= 0.6 is 11.8 Å². The first-order valence-electron chi connectivity index (χ1n) is 14.4. The zero-order chi connectivity index (χ0) is 29.2. The van der Waals surface area contributed by atoms with Gasteiger partial charge in [-0.2, -0.15) is 9.97 Å². The van der Waals surface area contributed by atoms with Gasteiger partial charge in [-0.05, 0) is 62.7 Å². The topological polar surface area (TPSA) is 79.1 Å². The highest BCUT2D eigenvalue weighted by molar-refractivity contribution is 7.99. The number of likely N-dealkylation sites (tertiary alicyclic amines) is 1. The molecule has 3 aliphatic rings. The number of hydrogen-bond acceptors (Lipinski definition) is 8. The fourth-order valence-corrected chi connectivity index (χ4v) is 7.31. The summed E-state index contributed by atoms with van der Waals surface area (Å²) in [6.07, 6.45) is 5.51. The lowest BCUT2D eigenvalue weighted by molar-refractivity contribution is -0.128. The normalized spacial score (nSPS) is 20.8. The van der Waals surface area contributed by atoms with E-state index in [4.69, 9.17) is 21.3 Å². The van der Waals surface area contributed by atoms with E-state index in [1.807, 2.05) is 17.0 Å². The summed E-state index contributed by atoms with van der Waals surface area (Å²) < 4.78 is 22.1. The largest absolute Gasteiger partial charge is 0.462 e. The maximum Gasteiger partial charge on any atom is 0.320 e. The van der Waals surface area contributed by atoms with Gasteiger partial charge in [0.2, 0.25) is 12.5 Å². The fourth-order valence-electron chi connectivity index (χ4n) is 6.14. The number of ether oxygens (including phenoxy) is 1. The summed E-state index contributed by atoms with van der Waals surface area (Å²) >= 11 is 1.74. The van der Waals surface area contributed by atoms with Crippen LogP contribution in [0.2, 0.25) is 0 Å². The van der Waals surface area contributed by atoms with E-state index in [-0.39, 0.29) is 36.2 Å². The van der Waals surface area contributed by atoms with E-state index in [0.29, 0.717) is 43.1 Å². The molecule has 0 aliphatic carbocycles. The monoisotopic (exact) mass is 587 g/mol. The third kappa shape index (κ3) is 5.53. The Morgan fingerprint density at radius 1 is 1.24 bits per heavy atom. The van der Waals surface area contributed by atoms with Crippen LogP contribution in [-0.2, 0) is 11.2 Å². The van der Waals surface area contributed by atoms with Gasteiger partial charge in [-0.25, -0.2) is 15.9 Å². The summed E-state index contributed by atoms with van der Waals surface area (Å²) in [5.74, 6) is 0.844. The molecule has 2 atom stereocenters. The third-order valence-corrected chi connectivity index (χ3v) is 9.67. The molecule has 11 heteroatoms. The van der Waals surface area contributed by atoms with Gasteiger partial charge in [-0.3, -0.25) is 4.79 Å². The Balaban J connectivity index is 1.42. The highest BCUT2D eigenvalue weighted by Gasteiger charge is 2.34. The molecule has 1 aromatic carbocycles. The second-order valence-corrected chi connectivity index (χ2v) is 12.1. The summed E-state index contributed by atoms with van der Waals surface area (Å²) in [7, 11) is 2.09. The van der Waals surface area contributed by atoms with Crippen LogP contribution in [0, 0.1) is 12.4 Å². The van der Waals surface area contributed by atoms with Crippen LogP contribution in [-0.4, -0.2) is 94.9 Å². The molecule has 9 nitrogen and oxygen atoms in total. The van der Waals surface area contributed by atoms with Gasteiger partial charge < -0.3 is 24.3 Å². The number of thioether (sulfide) groups is 1. The number of likely N-dealkylation sites (N-methyl/N-ethyl adjacent to an activating group) is 1. The molecule has 0 radical (unpaired) electrons. The summed E-state index contributed by atoms with van der Waals surface area (Å²) in [5.41, 5.74) is 2.62. The number of anilines is 1. The number of carbonyl (C=O) groups is 1. The second kappa shape index (κ2) is 12.2. The second-order valence-electron chi connectivity index (χ2n) is 11.0. The van der Waals surface area contributed by atoms with Crippen LogP contribution < -0.4 is 9.64 Å². The van der Waals surface area contributed by atoms with Crippen molar-refractivity contribution in [2.45, 2.75) is 42.7 Å². The molecule has 2 fully saturated rings. The maximum atomic E-state index is 15.9. The Hall–Kier alpha value is -3.75. The summed E-state index contributed by atoms with van der Waals surface area (Å²) in [4.78, 5) is 37.3. The smallest absolute Gasteiger partial charge is 0.320 e. The van der Waals surface area contributed by atoms with E-state index in [1.165, 1.54) is 17.7 Å². The average Bonchev–Trinajstić information content (AvgIpc) is 3.43. The highest BCUT2D eigenvalue weighted by atomic mass is 32.2. The predicted octanol–water partition coefficient (Wildman–Crippen LogP) is 4.46. The Morgan fingerprint density at radius 3 is 2.90 bits per heavy atom. The quantitative estimate of drug-likeness (QED) is 0.296. The van der Waals surface area contributed by atoms with Crippen molar-refractivity contribution in [2.24, 2.45) is 0 Å². The molecule has 42 heavy (non-hydrogen) atoms. The number of aromatic nitrogens is 3. The zero-order valence-electron chi connectivity index (χ0n) is 23.8. The summed E-state index contributed by atoms with van der Waals surface area (Å²) in [6.45, 7) is 13.9. The lowest BCUT2D eigenvalue weighted by Gasteiger charge is -2.39. The highest BCUT2D eigenvalue weighted by Crippen LogP contribution is 2.40. The van der Waals surface area contributed by atoms with Crippen molar-refractivity contribution in [3.8, 4) is 17.3 Å². The van der Waals surface area contributed by atoms with Crippen molar-refractivity contribution in [2.75, 3.05) is 57.0 Å². The Bertz CT molecular complexity index is 1560. The molecule has 2 saturated heterocycles. The number of amides is 1. The molecule has 5 heterocycles. The molecule has 0 spiro atoms. The molecule has 0 N–H and O–H groups in total. The van der Waals surface area contributed by atoms with Gasteiger partial charge in [0.25, 0.3) is 0 Å². The molecule has 0 unspecified atom stereocenters. The molecule has 3 aromatic rings. The number of rotatable bonds is 7. The van der Waals surface area contributed by atoms with E-state index in [0.717, 1.165) is 48.4 Å². The number of fused-ring (bicyclic) bond motifs is 2. The number of carbonyl (C=O) groups excluding carboxylic acids is 1. The van der Waals surface area contributed by atoms with Gasteiger partial charge in [0.1, 0.15) is 30.0 Å². The van der Waals surface area contributed by atoms with E-state index in [1.54, 1.807) is 16.7 Å². The number of piperazine rings is 1. The van der Waals surface area contributed by atoms with Gasteiger partial charge >= 0.3 is 6.01 Å². The number of hydrogen-bond donors (Lipinski definition) is 0. The minimum absolute atomic E-state index is 0.143. The third-order valence-electron chi connectivity index (χ3n) is 8.41. The lowest BCUT2D eigenvalue weighted by Crippen LogP contribution is -2.56. The van der Waals surface area contributed by atoms with Crippen molar-refractivity contribution in [3.05, 3.63) is 59.7 Å². The summed E-state index contributed by atoms with van der Waals surface area (Å²) in [5, 5.41) is 0.476. The zero-order valence-corrected chi connectivity index (χ0v) is 24.6. The van der Waals surface area contributed by atoms with Crippen LogP contribution in [0.4, 0.5) is 10.2 Å². The Kier molecular flexibility index (Phi) is 8.27. The Morgan fingerprint density at radius 2 is 2.12 bits per heavy atom. The molecule has 3 aliphatic heterocycles. The Labute approximate surface area is 249 Å². The molecular weight excluding hydrogens is 553 g/mol. The van der Waals surface area contributed by atoms with Gasteiger partial charge in [-0.15, -0.1) is 11.8 Å². The molecule has 2 aromatic heterocycles. The SMILES string of the molecule is [C-]#[N+]C[C@H]1CN(c2nc(OC[C@@H]3CCCN3C)nc3nc(-c4cccc5c4SCCC5)c(F)cc23)CCN1C(=O)C=C. The summed E-state index contributed by atoms with van der Waals surface area (Å²) in [6, 6.07) is 7.58. The van der Waals surface area contributed by atoms with Crippen molar-refractivity contribution >= 4 is 34.5 Å². The van der Waals surface area contributed by atoms with E-state index in [2.05, 4.69) is 34.4 Å². The van der Waals surface area contributed by atoms with Gasteiger partial charge in [0, 0.05) is 36.1 Å². The first-order chi connectivity index (χ1) is 20.5. The first-order valence-corrected chi connectivity index (χ1v) is 15.4. The molecular formula is C31H34FN7O2S. The number of pyridine rings is 1. The average molecular weight is 588 g/mol. The minimum Gasteiger partial charge on any atom is -0.462 e. The van der Waals surface area contributed by atoms with Crippen molar-refractivity contribution in [1.29, 1.82) is 0 Å². The van der Waals surface area contributed by atoms with Gasteiger partial charge in [0.15, 0.2) is 5.65 Å². The van der Waals surface area contributed by atoms with Gasteiger partial charge in [0.05, 0.1) is 5.39 Å². The molecule has 6 rings (SSSR count). The van der Waals surface area contributed by atoms with Crippen LogP contribution in [0.5, 0.6) is 6.01 Å². The van der Waals surface area contributed by atoms with Crippen molar-refractivity contribution in [1.82, 2.24) is 24.8 Å². The van der Waals surface area contributed by atoms with Gasteiger partial charge in [-0.1, -0.05) is 24.8 Å². The van der Waals surface area contributed by atoms with Crippen molar-refractivity contribution in [3.63, 3.8) is 0 Å². The van der Waals surface area contributed by atoms with Crippen LogP contribution in [0.1, 0.15) is 24.8 Å². The standard InChI is InChI=1S/C31H34FN7O2S/c1-4-26(40)39-14-13-38(18-22(39)17-33-2)30-24-16-25(32)27(23-11-5-8-20-9-7-15-42-28(20)23)34-29(24)35-31(36-30)41-19-21-10-6-12-37(21)3/h4-5,8,11,16,21-22H,1,6-7,9-10,12-15,17-19H2,3H3/t21-,22-/m0/s1. The predicted molar refractivity (Wildman–Crippen MR) is 162 cm³/mol. The van der Waals surface area contributed by atoms with E-state index in [9.17, 15) is 4.79 Å². The maximum absolute atomic E-state index is 15.9. The molecule has 1 amide bonds. The number of halogens is 1. The number of benzene rings is 1. The number of aryl methyl sites for hydroxylation is 1. The molecule has 218 valence electrons. The van der Waals surface area contributed by atoms with Crippen molar-refractivity contribution < 1.29 is 13.9 Å². The fraction of sp³-hybridized carbons (Fsp3) is 0.452.